The Labute approximate surface area is 160 Å². The quantitative estimate of drug-likeness (QED) is 0.854. The normalized spacial score (nSPS) is 15.3. The number of aryl methyl sites for hydroxylation is 1. The summed E-state index contributed by atoms with van der Waals surface area (Å²) in [5, 5.41) is 9.13. The maximum absolute atomic E-state index is 12.6. The third kappa shape index (κ3) is 5.66. The first-order valence-electron chi connectivity index (χ1n) is 9.48. The Morgan fingerprint density at radius 1 is 0.889 bits per heavy atom. The van der Waals surface area contributed by atoms with Crippen LogP contribution in [0.1, 0.15) is 34.3 Å². The van der Waals surface area contributed by atoms with E-state index in [1.165, 1.54) is 5.56 Å². The molecule has 1 aliphatic rings. The molecule has 1 aliphatic heterocycles. The van der Waals surface area contributed by atoms with E-state index in [2.05, 4.69) is 17.0 Å². The largest absolute Gasteiger partial charge is 0.478 e. The van der Waals surface area contributed by atoms with Crippen LogP contribution >= 0.6 is 0 Å². The van der Waals surface area contributed by atoms with Gasteiger partial charge < -0.3 is 10.0 Å². The molecule has 0 aromatic heterocycles. The number of carbonyl (C=O) groups is 2. The second-order valence-electron chi connectivity index (χ2n) is 7.00. The number of benzene rings is 2. The second kappa shape index (κ2) is 9.33. The predicted octanol–water partition coefficient (Wildman–Crippen LogP) is 3.05. The molecule has 0 unspecified atom stereocenters. The van der Waals surface area contributed by atoms with Crippen molar-refractivity contribution in [2.45, 2.75) is 25.8 Å². The Morgan fingerprint density at radius 2 is 1.67 bits per heavy atom. The van der Waals surface area contributed by atoms with Crippen LogP contribution in [0.3, 0.4) is 0 Å². The minimum Gasteiger partial charge on any atom is -0.478 e. The van der Waals surface area contributed by atoms with Crippen molar-refractivity contribution < 1.29 is 14.7 Å². The molecule has 0 saturated carbocycles. The summed E-state index contributed by atoms with van der Waals surface area (Å²) in [6, 6.07) is 17.2. The van der Waals surface area contributed by atoms with Gasteiger partial charge in [-0.1, -0.05) is 42.5 Å². The lowest BCUT2D eigenvalue weighted by Gasteiger charge is -2.22. The maximum atomic E-state index is 12.6. The number of carboxylic acid groups (broad SMARTS) is 1. The van der Waals surface area contributed by atoms with E-state index < -0.39 is 5.97 Å². The number of aromatic carboxylic acids is 1. The number of hydrogen-bond acceptors (Lipinski definition) is 3. The van der Waals surface area contributed by atoms with Crippen molar-refractivity contribution >= 4 is 11.9 Å². The zero-order valence-corrected chi connectivity index (χ0v) is 15.5. The lowest BCUT2D eigenvalue weighted by molar-refractivity contribution is -0.131. The molecule has 0 aliphatic carbocycles. The van der Waals surface area contributed by atoms with Crippen LogP contribution in [0.2, 0.25) is 0 Å². The molecule has 1 N–H and O–H groups in total. The Morgan fingerprint density at radius 3 is 2.44 bits per heavy atom. The summed E-state index contributed by atoms with van der Waals surface area (Å²) < 4.78 is 0. The molecule has 1 saturated heterocycles. The predicted molar refractivity (Wildman–Crippen MR) is 105 cm³/mol. The van der Waals surface area contributed by atoms with E-state index in [9.17, 15) is 9.59 Å². The lowest BCUT2D eigenvalue weighted by Crippen LogP contribution is -2.35. The van der Waals surface area contributed by atoms with Crippen LogP contribution < -0.4 is 0 Å². The van der Waals surface area contributed by atoms with Crippen molar-refractivity contribution in [3.63, 3.8) is 0 Å². The summed E-state index contributed by atoms with van der Waals surface area (Å²) in [4.78, 5) is 27.9. The Hall–Kier alpha value is -2.66. The molecular formula is C22H26N2O3. The first kappa shape index (κ1) is 19.1. The summed E-state index contributed by atoms with van der Waals surface area (Å²) in [6.07, 6.45) is 2.27. The summed E-state index contributed by atoms with van der Waals surface area (Å²) in [5.41, 5.74) is 2.51. The number of amides is 1. The van der Waals surface area contributed by atoms with E-state index in [4.69, 9.17) is 5.11 Å². The SMILES string of the molecule is O=C(O)c1cccc(CN2CCCN(C(=O)CCc3ccccc3)CC2)c1. The van der Waals surface area contributed by atoms with Crippen LogP contribution in [0.4, 0.5) is 0 Å². The molecule has 1 heterocycles. The smallest absolute Gasteiger partial charge is 0.335 e. The Bertz CT molecular complexity index is 776. The van der Waals surface area contributed by atoms with Crippen LogP contribution in [-0.2, 0) is 17.8 Å². The van der Waals surface area contributed by atoms with Gasteiger partial charge in [-0.2, -0.15) is 0 Å². The third-order valence-electron chi connectivity index (χ3n) is 4.99. The van der Waals surface area contributed by atoms with Crippen molar-refractivity contribution in [2.24, 2.45) is 0 Å². The van der Waals surface area contributed by atoms with Crippen LogP contribution in [-0.4, -0.2) is 53.0 Å². The molecule has 0 atom stereocenters. The van der Waals surface area contributed by atoms with Gasteiger partial charge in [0, 0.05) is 39.1 Å². The third-order valence-corrected chi connectivity index (χ3v) is 4.99. The highest BCUT2D eigenvalue weighted by atomic mass is 16.4. The standard InChI is InChI=1S/C22H26N2O3/c25-21(11-10-18-6-2-1-3-7-18)24-13-5-12-23(14-15-24)17-19-8-4-9-20(16-19)22(26)27/h1-4,6-9,16H,5,10-15,17H2,(H,26,27). The van der Waals surface area contributed by atoms with Crippen LogP contribution in [0.15, 0.2) is 54.6 Å². The fraction of sp³-hybridized carbons (Fsp3) is 0.364. The number of nitrogens with zero attached hydrogens (tertiary/aromatic N) is 2. The number of hydrogen-bond donors (Lipinski definition) is 1. The molecule has 2 aromatic carbocycles. The highest BCUT2D eigenvalue weighted by Gasteiger charge is 2.19. The molecule has 0 spiro atoms. The van der Waals surface area contributed by atoms with Gasteiger partial charge in [0.05, 0.1) is 5.56 Å². The second-order valence-corrected chi connectivity index (χ2v) is 7.00. The van der Waals surface area contributed by atoms with Gasteiger partial charge in [-0.3, -0.25) is 9.69 Å². The number of rotatable bonds is 6. The van der Waals surface area contributed by atoms with Crippen molar-refractivity contribution in [1.82, 2.24) is 9.80 Å². The molecule has 5 heteroatoms. The highest BCUT2D eigenvalue weighted by Crippen LogP contribution is 2.13. The van der Waals surface area contributed by atoms with E-state index in [1.54, 1.807) is 18.2 Å². The van der Waals surface area contributed by atoms with Crippen LogP contribution in [0.5, 0.6) is 0 Å². The van der Waals surface area contributed by atoms with Crippen molar-refractivity contribution in [3.8, 4) is 0 Å². The summed E-state index contributed by atoms with van der Waals surface area (Å²) in [6.45, 7) is 3.97. The number of carbonyl (C=O) groups excluding carboxylic acids is 1. The van der Waals surface area contributed by atoms with Gasteiger partial charge in [0.15, 0.2) is 0 Å². The van der Waals surface area contributed by atoms with Gasteiger partial charge in [-0.05, 0) is 36.1 Å². The van der Waals surface area contributed by atoms with Gasteiger partial charge in [0.2, 0.25) is 5.91 Å². The average molecular weight is 366 g/mol. The van der Waals surface area contributed by atoms with E-state index in [-0.39, 0.29) is 5.91 Å². The van der Waals surface area contributed by atoms with Gasteiger partial charge in [0.1, 0.15) is 0 Å². The molecule has 1 amide bonds. The van der Waals surface area contributed by atoms with E-state index in [1.807, 2.05) is 29.2 Å². The summed E-state index contributed by atoms with van der Waals surface area (Å²) in [5.74, 6) is -0.684. The summed E-state index contributed by atoms with van der Waals surface area (Å²) >= 11 is 0. The summed E-state index contributed by atoms with van der Waals surface area (Å²) in [7, 11) is 0. The molecule has 3 rings (SSSR count). The van der Waals surface area contributed by atoms with Crippen LogP contribution in [0, 0.1) is 0 Å². The fourth-order valence-corrected chi connectivity index (χ4v) is 3.49. The van der Waals surface area contributed by atoms with E-state index in [0.717, 1.165) is 44.6 Å². The molecule has 2 aromatic rings. The van der Waals surface area contributed by atoms with Gasteiger partial charge in [-0.25, -0.2) is 4.79 Å². The minimum absolute atomic E-state index is 0.216. The number of carboxylic acids is 1. The molecule has 0 radical (unpaired) electrons. The van der Waals surface area contributed by atoms with Gasteiger partial charge in [0.25, 0.3) is 0 Å². The van der Waals surface area contributed by atoms with E-state index >= 15 is 0 Å². The minimum atomic E-state index is -0.900. The highest BCUT2D eigenvalue weighted by molar-refractivity contribution is 5.87. The molecule has 5 nitrogen and oxygen atoms in total. The molecule has 0 bridgehead atoms. The lowest BCUT2D eigenvalue weighted by atomic mass is 10.1. The molecule has 142 valence electrons. The average Bonchev–Trinajstić information content (AvgIpc) is 2.93. The molecular weight excluding hydrogens is 340 g/mol. The van der Waals surface area contributed by atoms with Crippen molar-refractivity contribution in [1.29, 1.82) is 0 Å². The zero-order chi connectivity index (χ0) is 19.1. The molecule has 27 heavy (non-hydrogen) atoms. The van der Waals surface area contributed by atoms with Crippen molar-refractivity contribution in [2.75, 3.05) is 26.2 Å². The molecule has 1 fully saturated rings. The zero-order valence-electron chi connectivity index (χ0n) is 15.5. The van der Waals surface area contributed by atoms with Crippen LogP contribution in [0.25, 0.3) is 0 Å². The van der Waals surface area contributed by atoms with Gasteiger partial charge in [-0.15, -0.1) is 0 Å². The Kier molecular flexibility index (Phi) is 6.60. The Balaban J connectivity index is 1.50. The topological polar surface area (TPSA) is 60.9 Å². The fourth-order valence-electron chi connectivity index (χ4n) is 3.49. The maximum Gasteiger partial charge on any atom is 0.335 e. The van der Waals surface area contributed by atoms with Gasteiger partial charge >= 0.3 is 5.97 Å². The first-order valence-corrected chi connectivity index (χ1v) is 9.48. The monoisotopic (exact) mass is 366 g/mol. The van der Waals surface area contributed by atoms with E-state index in [0.29, 0.717) is 18.5 Å². The first-order chi connectivity index (χ1) is 13.1. The van der Waals surface area contributed by atoms with Crippen molar-refractivity contribution in [3.05, 3.63) is 71.3 Å².